The van der Waals surface area contributed by atoms with E-state index in [4.69, 9.17) is 9.26 Å². The van der Waals surface area contributed by atoms with Gasteiger partial charge in [-0.05, 0) is 37.3 Å². The Labute approximate surface area is 130 Å². The highest BCUT2D eigenvalue weighted by atomic mass is 16.5. The molecule has 0 bridgehead atoms. The zero-order valence-corrected chi connectivity index (χ0v) is 13.3. The number of likely N-dealkylation sites (tertiary alicyclic amines) is 1. The summed E-state index contributed by atoms with van der Waals surface area (Å²) < 4.78 is 11.4. The van der Waals surface area contributed by atoms with E-state index in [0.717, 1.165) is 45.3 Å². The van der Waals surface area contributed by atoms with Crippen molar-refractivity contribution in [1.82, 2.24) is 15.0 Å². The van der Waals surface area contributed by atoms with Crippen LogP contribution in [0.15, 0.2) is 4.52 Å². The maximum Gasteiger partial charge on any atom is 0.265 e. The van der Waals surface area contributed by atoms with E-state index >= 15 is 0 Å². The predicted molar refractivity (Wildman–Crippen MR) is 80.2 cm³/mol. The molecule has 2 fully saturated rings. The average molecular weight is 305 g/mol. The Morgan fingerprint density at radius 1 is 1.36 bits per heavy atom. The van der Waals surface area contributed by atoms with E-state index in [-0.39, 0.29) is 11.6 Å². The van der Waals surface area contributed by atoms with Gasteiger partial charge >= 0.3 is 0 Å². The molecule has 0 amide bonds. The van der Waals surface area contributed by atoms with Crippen LogP contribution in [0.2, 0.25) is 0 Å². The molecule has 0 N–H and O–H groups in total. The first-order valence-electron chi connectivity index (χ1n) is 7.92. The van der Waals surface area contributed by atoms with E-state index in [2.05, 4.69) is 21.1 Å². The summed E-state index contributed by atoms with van der Waals surface area (Å²) >= 11 is 0. The molecule has 2 aliphatic rings. The van der Waals surface area contributed by atoms with Crippen LogP contribution < -0.4 is 4.90 Å². The molecule has 22 heavy (non-hydrogen) atoms. The smallest absolute Gasteiger partial charge is 0.265 e. The number of nitrogens with zero attached hydrogens (tertiary/aromatic N) is 5. The Morgan fingerprint density at radius 2 is 2.18 bits per heavy atom. The van der Waals surface area contributed by atoms with Gasteiger partial charge < -0.3 is 14.2 Å². The monoisotopic (exact) mass is 305 g/mol. The highest BCUT2D eigenvalue weighted by Crippen LogP contribution is 2.38. The van der Waals surface area contributed by atoms with Crippen LogP contribution in [0.5, 0.6) is 0 Å². The molecule has 1 aromatic heterocycles. The van der Waals surface area contributed by atoms with E-state index in [1.807, 2.05) is 14.1 Å². The number of piperidine rings is 1. The van der Waals surface area contributed by atoms with Crippen molar-refractivity contribution in [3.63, 3.8) is 0 Å². The number of anilines is 1. The molecule has 7 nitrogen and oxygen atoms in total. The van der Waals surface area contributed by atoms with Crippen molar-refractivity contribution < 1.29 is 9.26 Å². The molecule has 3 rings (SSSR count). The van der Waals surface area contributed by atoms with Crippen molar-refractivity contribution in [2.24, 2.45) is 0 Å². The summed E-state index contributed by atoms with van der Waals surface area (Å²) in [5.41, 5.74) is -0.310. The molecule has 2 saturated heterocycles. The lowest BCUT2D eigenvalue weighted by atomic mass is 9.79. The lowest BCUT2D eigenvalue weighted by Crippen LogP contribution is -2.58. The standard InChI is InChI=1S/C15H23N5O2/c1-19(2)14-17-13(22-18-14)11-20-8-5-7-15(12(20)10-16)6-3-4-9-21-15/h12H,3-9,11H2,1-2H3/t12-,15-/m1/s1. The maximum atomic E-state index is 9.70. The van der Waals surface area contributed by atoms with Crippen LogP contribution >= 0.6 is 0 Å². The van der Waals surface area contributed by atoms with Gasteiger partial charge in [0.25, 0.3) is 5.95 Å². The Hall–Kier alpha value is -1.65. The van der Waals surface area contributed by atoms with Gasteiger partial charge in [-0.1, -0.05) is 0 Å². The molecule has 2 atom stereocenters. The van der Waals surface area contributed by atoms with Crippen molar-refractivity contribution in [3.8, 4) is 6.07 Å². The summed E-state index contributed by atoms with van der Waals surface area (Å²) in [5.74, 6) is 1.11. The topological polar surface area (TPSA) is 78.4 Å². The van der Waals surface area contributed by atoms with Crippen LogP contribution in [0.25, 0.3) is 0 Å². The van der Waals surface area contributed by atoms with Crippen molar-refractivity contribution in [2.75, 3.05) is 32.1 Å². The first-order chi connectivity index (χ1) is 10.6. The zero-order chi connectivity index (χ0) is 15.6. The molecule has 0 aromatic carbocycles. The summed E-state index contributed by atoms with van der Waals surface area (Å²) in [5, 5.41) is 13.6. The van der Waals surface area contributed by atoms with Crippen LogP contribution in [0.4, 0.5) is 5.95 Å². The minimum Gasteiger partial charge on any atom is -0.372 e. The fourth-order valence-corrected chi connectivity index (χ4v) is 3.50. The van der Waals surface area contributed by atoms with Crippen molar-refractivity contribution in [2.45, 2.75) is 50.3 Å². The van der Waals surface area contributed by atoms with Gasteiger partial charge in [-0.2, -0.15) is 10.2 Å². The zero-order valence-electron chi connectivity index (χ0n) is 13.3. The van der Waals surface area contributed by atoms with E-state index in [9.17, 15) is 5.26 Å². The molecule has 120 valence electrons. The van der Waals surface area contributed by atoms with Crippen molar-refractivity contribution in [1.29, 1.82) is 5.26 Å². The second kappa shape index (κ2) is 6.23. The van der Waals surface area contributed by atoms with Crippen LogP contribution in [0.1, 0.15) is 38.0 Å². The highest BCUT2D eigenvalue weighted by Gasteiger charge is 2.47. The summed E-state index contributed by atoms with van der Waals surface area (Å²) in [7, 11) is 3.75. The fourth-order valence-electron chi connectivity index (χ4n) is 3.50. The third-order valence-electron chi connectivity index (χ3n) is 4.61. The van der Waals surface area contributed by atoms with Gasteiger partial charge in [0, 0.05) is 27.2 Å². The first kappa shape index (κ1) is 15.3. The lowest BCUT2D eigenvalue weighted by Gasteiger charge is -2.48. The van der Waals surface area contributed by atoms with Gasteiger partial charge in [0.15, 0.2) is 0 Å². The number of hydrogen-bond donors (Lipinski definition) is 0. The van der Waals surface area contributed by atoms with E-state index < -0.39 is 0 Å². The lowest BCUT2D eigenvalue weighted by molar-refractivity contribution is -0.139. The van der Waals surface area contributed by atoms with Crippen LogP contribution in [-0.2, 0) is 11.3 Å². The Morgan fingerprint density at radius 3 is 2.82 bits per heavy atom. The molecule has 3 heterocycles. The van der Waals surface area contributed by atoms with Crippen LogP contribution in [0, 0.1) is 11.3 Å². The fraction of sp³-hybridized carbons (Fsp3) is 0.800. The van der Waals surface area contributed by atoms with Crippen molar-refractivity contribution >= 4 is 5.95 Å². The number of ether oxygens (including phenoxy) is 1. The second-order valence-electron chi connectivity index (χ2n) is 6.36. The van der Waals surface area contributed by atoms with Gasteiger partial charge in [-0.15, -0.1) is 0 Å². The number of aromatic nitrogens is 2. The second-order valence-corrected chi connectivity index (χ2v) is 6.36. The summed E-state index contributed by atoms with van der Waals surface area (Å²) in [6.07, 6.45) is 5.20. The van der Waals surface area contributed by atoms with Crippen molar-refractivity contribution in [3.05, 3.63) is 5.89 Å². The van der Waals surface area contributed by atoms with E-state index in [1.165, 1.54) is 0 Å². The third kappa shape index (κ3) is 2.81. The average Bonchev–Trinajstić information content (AvgIpc) is 2.97. The van der Waals surface area contributed by atoms with Gasteiger partial charge in [-0.3, -0.25) is 4.90 Å². The first-order valence-corrected chi connectivity index (χ1v) is 7.92. The van der Waals surface area contributed by atoms with Crippen LogP contribution in [-0.4, -0.2) is 53.9 Å². The number of nitriles is 1. The molecule has 0 saturated carbocycles. The van der Waals surface area contributed by atoms with Crippen LogP contribution in [0.3, 0.4) is 0 Å². The Kier molecular flexibility index (Phi) is 4.32. The quantitative estimate of drug-likeness (QED) is 0.838. The third-order valence-corrected chi connectivity index (χ3v) is 4.61. The van der Waals surface area contributed by atoms with Gasteiger partial charge in [0.05, 0.1) is 18.2 Å². The molecule has 0 unspecified atom stereocenters. The molecule has 0 aliphatic carbocycles. The van der Waals surface area contributed by atoms with E-state index in [0.29, 0.717) is 18.4 Å². The Bertz CT molecular complexity index is 539. The molecule has 1 spiro atoms. The summed E-state index contributed by atoms with van der Waals surface area (Å²) in [6.45, 7) is 2.13. The maximum absolute atomic E-state index is 9.70. The van der Waals surface area contributed by atoms with E-state index in [1.54, 1.807) is 4.90 Å². The van der Waals surface area contributed by atoms with Gasteiger partial charge in [-0.25, -0.2) is 0 Å². The molecule has 2 aliphatic heterocycles. The SMILES string of the molecule is CN(C)c1noc(CN2CCC[C@]3(CCCCO3)[C@H]2C#N)n1. The Balaban J connectivity index is 1.75. The van der Waals surface area contributed by atoms with Gasteiger partial charge in [0.2, 0.25) is 5.89 Å². The molecular formula is C15H23N5O2. The summed E-state index contributed by atoms with van der Waals surface area (Å²) in [6, 6.07) is 2.23. The minimum atomic E-state index is -0.310. The molecule has 1 aromatic rings. The molecule has 0 radical (unpaired) electrons. The normalized spacial score (nSPS) is 29.4. The predicted octanol–water partition coefficient (Wildman–Crippen LogP) is 1.56. The number of rotatable bonds is 3. The molecule has 7 heteroatoms. The van der Waals surface area contributed by atoms with Gasteiger partial charge in [0.1, 0.15) is 6.04 Å². The largest absolute Gasteiger partial charge is 0.372 e. The molecular weight excluding hydrogens is 282 g/mol. The summed E-state index contributed by atoms with van der Waals surface area (Å²) in [4.78, 5) is 8.29. The minimum absolute atomic E-state index is 0.240. The highest BCUT2D eigenvalue weighted by molar-refractivity contribution is 5.23. The number of hydrogen-bond acceptors (Lipinski definition) is 7.